The first-order valence-corrected chi connectivity index (χ1v) is 9.32. The van der Waals surface area contributed by atoms with E-state index in [-0.39, 0.29) is 24.3 Å². The Hall–Kier alpha value is -1.79. The summed E-state index contributed by atoms with van der Waals surface area (Å²) < 4.78 is 0.955. The molecule has 2 unspecified atom stereocenters. The molecule has 4 nitrogen and oxygen atoms in total. The second-order valence-electron chi connectivity index (χ2n) is 5.61. The minimum absolute atomic E-state index is 0.123. The fraction of sp³-hybridized carbons (Fsp3) is 0.222. The number of fused-ring (bicyclic) bond motifs is 1. The maximum atomic E-state index is 12.3. The van der Waals surface area contributed by atoms with Crippen LogP contribution in [0.2, 0.25) is 0 Å². The highest BCUT2D eigenvalue weighted by Gasteiger charge is 2.29. The number of anilines is 1. The van der Waals surface area contributed by atoms with Crippen molar-refractivity contribution in [3.8, 4) is 0 Å². The summed E-state index contributed by atoms with van der Waals surface area (Å²) in [5.74, 6) is -0.257. The number of benzene rings is 2. The zero-order chi connectivity index (χ0) is 17.1. The van der Waals surface area contributed by atoms with Crippen molar-refractivity contribution in [1.29, 1.82) is 0 Å². The van der Waals surface area contributed by atoms with E-state index in [9.17, 15) is 9.59 Å². The van der Waals surface area contributed by atoms with E-state index in [0.717, 1.165) is 20.6 Å². The lowest BCUT2D eigenvalue weighted by Crippen LogP contribution is -2.35. The summed E-state index contributed by atoms with van der Waals surface area (Å²) in [5, 5.41) is 5.42. The zero-order valence-electron chi connectivity index (χ0n) is 13.1. The molecule has 2 atom stereocenters. The molecule has 0 aromatic heterocycles. The van der Waals surface area contributed by atoms with Gasteiger partial charge in [-0.2, -0.15) is 0 Å². The molecule has 1 heterocycles. The molecule has 24 heavy (non-hydrogen) atoms. The van der Waals surface area contributed by atoms with Crippen molar-refractivity contribution in [3.63, 3.8) is 0 Å². The SMILES string of the molecule is CC(NC(=O)CC1Sc2ccccc2NC1=O)c1ccccc1Br. The maximum absolute atomic E-state index is 12.3. The first-order chi connectivity index (χ1) is 11.5. The van der Waals surface area contributed by atoms with E-state index in [1.807, 2.05) is 55.5 Å². The van der Waals surface area contributed by atoms with Gasteiger partial charge in [-0.3, -0.25) is 9.59 Å². The molecule has 0 fully saturated rings. The summed E-state index contributed by atoms with van der Waals surface area (Å²) in [4.78, 5) is 25.5. The average molecular weight is 405 g/mol. The number of amides is 2. The van der Waals surface area contributed by atoms with Gasteiger partial charge in [-0.05, 0) is 30.7 Å². The Labute approximate surface area is 153 Å². The maximum Gasteiger partial charge on any atom is 0.238 e. The summed E-state index contributed by atoms with van der Waals surface area (Å²) in [6.07, 6.45) is 0.152. The Morgan fingerprint density at radius 1 is 1.25 bits per heavy atom. The lowest BCUT2D eigenvalue weighted by Gasteiger charge is -2.24. The molecular formula is C18H17BrN2O2S. The number of thioether (sulfide) groups is 1. The monoisotopic (exact) mass is 404 g/mol. The molecule has 2 N–H and O–H groups in total. The molecule has 0 bridgehead atoms. The van der Waals surface area contributed by atoms with Crippen LogP contribution in [0.4, 0.5) is 5.69 Å². The van der Waals surface area contributed by atoms with Crippen LogP contribution in [0.3, 0.4) is 0 Å². The van der Waals surface area contributed by atoms with Crippen LogP contribution in [0.15, 0.2) is 57.9 Å². The Balaban J connectivity index is 1.63. The van der Waals surface area contributed by atoms with Gasteiger partial charge in [-0.1, -0.05) is 46.3 Å². The fourth-order valence-corrected chi connectivity index (χ4v) is 4.34. The topological polar surface area (TPSA) is 58.2 Å². The number of nitrogens with one attached hydrogen (secondary N) is 2. The van der Waals surface area contributed by atoms with Gasteiger partial charge < -0.3 is 10.6 Å². The summed E-state index contributed by atoms with van der Waals surface area (Å²) in [6, 6.07) is 15.3. The predicted octanol–water partition coefficient (Wildman–Crippen LogP) is 4.13. The van der Waals surface area contributed by atoms with Crippen LogP contribution in [-0.4, -0.2) is 17.1 Å². The average Bonchev–Trinajstić information content (AvgIpc) is 2.55. The lowest BCUT2D eigenvalue weighted by molar-refractivity contribution is -0.124. The fourth-order valence-electron chi connectivity index (χ4n) is 2.60. The second kappa shape index (κ2) is 7.40. The minimum atomic E-state index is -0.411. The van der Waals surface area contributed by atoms with Gasteiger partial charge in [0.05, 0.1) is 17.0 Å². The van der Waals surface area contributed by atoms with E-state index < -0.39 is 5.25 Å². The number of hydrogen-bond donors (Lipinski definition) is 2. The number of carbonyl (C=O) groups excluding carboxylic acids is 2. The third kappa shape index (κ3) is 3.82. The van der Waals surface area contributed by atoms with Crippen LogP contribution in [0.25, 0.3) is 0 Å². The van der Waals surface area contributed by atoms with E-state index in [0.29, 0.717) is 0 Å². The molecule has 2 amide bonds. The number of hydrogen-bond acceptors (Lipinski definition) is 3. The Morgan fingerprint density at radius 3 is 2.75 bits per heavy atom. The third-order valence-corrected chi connectivity index (χ3v) is 5.82. The molecular weight excluding hydrogens is 388 g/mol. The molecule has 0 spiro atoms. The lowest BCUT2D eigenvalue weighted by atomic mass is 10.1. The zero-order valence-corrected chi connectivity index (χ0v) is 15.5. The van der Waals surface area contributed by atoms with Crippen molar-refractivity contribution < 1.29 is 9.59 Å². The number of carbonyl (C=O) groups is 2. The van der Waals surface area contributed by atoms with Crippen LogP contribution in [-0.2, 0) is 9.59 Å². The van der Waals surface area contributed by atoms with Gasteiger partial charge in [0.2, 0.25) is 11.8 Å². The summed E-state index contributed by atoms with van der Waals surface area (Å²) in [7, 11) is 0. The van der Waals surface area contributed by atoms with Gasteiger partial charge in [0.1, 0.15) is 0 Å². The highest BCUT2D eigenvalue weighted by molar-refractivity contribution is 9.10. The van der Waals surface area contributed by atoms with Crippen LogP contribution < -0.4 is 10.6 Å². The molecule has 124 valence electrons. The number of rotatable bonds is 4. The molecule has 0 radical (unpaired) electrons. The quantitative estimate of drug-likeness (QED) is 0.804. The van der Waals surface area contributed by atoms with Gasteiger partial charge in [0, 0.05) is 15.8 Å². The molecule has 6 heteroatoms. The first kappa shape index (κ1) is 17.0. The molecule has 2 aromatic carbocycles. The highest BCUT2D eigenvalue weighted by atomic mass is 79.9. The Bertz CT molecular complexity index is 781. The van der Waals surface area contributed by atoms with E-state index in [1.165, 1.54) is 11.8 Å². The van der Waals surface area contributed by atoms with Crippen LogP contribution >= 0.6 is 27.7 Å². The molecule has 2 aromatic rings. The molecule has 0 saturated heterocycles. The second-order valence-corrected chi connectivity index (χ2v) is 7.71. The number of para-hydroxylation sites is 1. The Kier molecular flexibility index (Phi) is 5.26. The highest BCUT2D eigenvalue weighted by Crippen LogP contribution is 2.36. The van der Waals surface area contributed by atoms with Gasteiger partial charge in [0.15, 0.2) is 0 Å². The summed E-state index contributed by atoms with van der Waals surface area (Å²) in [5.41, 5.74) is 1.82. The van der Waals surface area contributed by atoms with Gasteiger partial charge in [0.25, 0.3) is 0 Å². The first-order valence-electron chi connectivity index (χ1n) is 7.65. The van der Waals surface area contributed by atoms with E-state index >= 15 is 0 Å². The third-order valence-electron chi connectivity index (χ3n) is 3.83. The largest absolute Gasteiger partial charge is 0.349 e. The van der Waals surface area contributed by atoms with Gasteiger partial charge in [-0.25, -0.2) is 0 Å². The van der Waals surface area contributed by atoms with Crippen molar-refractivity contribution in [1.82, 2.24) is 5.32 Å². The molecule has 0 saturated carbocycles. The van der Waals surface area contributed by atoms with Crippen LogP contribution in [0, 0.1) is 0 Å². The van der Waals surface area contributed by atoms with E-state index in [2.05, 4.69) is 26.6 Å². The van der Waals surface area contributed by atoms with E-state index in [4.69, 9.17) is 0 Å². The number of halogens is 1. The van der Waals surface area contributed by atoms with Crippen LogP contribution in [0.1, 0.15) is 24.9 Å². The van der Waals surface area contributed by atoms with E-state index in [1.54, 1.807) is 0 Å². The summed E-state index contributed by atoms with van der Waals surface area (Å²) >= 11 is 4.93. The van der Waals surface area contributed by atoms with Crippen molar-refractivity contribution in [2.45, 2.75) is 29.5 Å². The standard InChI is InChI=1S/C18H17BrN2O2S/c1-11(12-6-2-3-7-13(12)19)20-17(22)10-16-18(23)21-14-8-4-5-9-15(14)24-16/h2-9,11,16H,10H2,1H3,(H,20,22)(H,21,23). The van der Waals surface area contributed by atoms with Crippen molar-refractivity contribution in [2.75, 3.05) is 5.32 Å². The van der Waals surface area contributed by atoms with Gasteiger partial charge in [-0.15, -0.1) is 11.8 Å². The smallest absolute Gasteiger partial charge is 0.238 e. The van der Waals surface area contributed by atoms with Crippen molar-refractivity contribution in [3.05, 3.63) is 58.6 Å². The molecule has 1 aliphatic heterocycles. The minimum Gasteiger partial charge on any atom is -0.349 e. The normalized spacial score (nSPS) is 17.6. The van der Waals surface area contributed by atoms with Crippen molar-refractivity contribution >= 4 is 45.2 Å². The Morgan fingerprint density at radius 2 is 1.96 bits per heavy atom. The summed E-state index contributed by atoms with van der Waals surface area (Å²) in [6.45, 7) is 1.93. The van der Waals surface area contributed by atoms with Crippen LogP contribution in [0.5, 0.6) is 0 Å². The van der Waals surface area contributed by atoms with Crippen molar-refractivity contribution in [2.24, 2.45) is 0 Å². The molecule has 3 rings (SSSR count). The molecule has 0 aliphatic carbocycles. The predicted molar refractivity (Wildman–Crippen MR) is 100 cm³/mol. The van der Waals surface area contributed by atoms with Gasteiger partial charge >= 0.3 is 0 Å². The molecule has 1 aliphatic rings.